The SMILES string of the molecule is CC(NC(=S)Nc1noc2cccc(F)c12)C(=O)O. The lowest BCUT2D eigenvalue weighted by atomic mass is 10.2. The number of hydrogen-bond acceptors (Lipinski definition) is 4. The highest BCUT2D eigenvalue weighted by Gasteiger charge is 2.16. The molecule has 0 aliphatic heterocycles. The number of aromatic nitrogens is 1. The molecule has 0 saturated carbocycles. The summed E-state index contributed by atoms with van der Waals surface area (Å²) in [5, 5.41) is 17.7. The Labute approximate surface area is 112 Å². The molecular formula is C11H10FN3O3S. The van der Waals surface area contributed by atoms with Gasteiger partial charge in [0.05, 0.1) is 0 Å². The van der Waals surface area contributed by atoms with E-state index >= 15 is 0 Å². The van der Waals surface area contributed by atoms with Gasteiger partial charge >= 0.3 is 5.97 Å². The summed E-state index contributed by atoms with van der Waals surface area (Å²) in [6.45, 7) is 1.43. The van der Waals surface area contributed by atoms with E-state index < -0.39 is 17.8 Å². The molecule has 0 aliphatic rings. The fourth-order valence-corrected chi connectivity index (χ4v) is 1.71. The van der Waals surface area contributed by atoms with Crippen LogP contribution in [-0.4, -0.2) is 27.4 Å². The van der Waals surface area contributed by atoms with Crippen LogP contribution in [0.2, 0.25) is 0 Å². The second-order valence-electron chi connectivity index (χ2n) is 3.80. The molecule has 0 spiro atoms. The number of aliphatic carboxylic acids is 1. The van der Waals surface area contributed by atoms with Crippen LogP contribution < -0.4 is 10.6 Å². The van der Waals surface area contributed by atoms with E-state index in [0.717, 1.165) is 0 Å². The highest BCUT2D eigenvalue weighted by molar-refractivity contribution is 7.80. The molecule has 2 aromatic rings. The molecule has 8 heteroatoms. The standard InChI is InChI=1S/C11H10FN3O3S/c1-5(10(16)17)13-11(19)14-9-8-6(12)3-2-4-7(8)18-15-9/h2-5H,1H3,(H,16,17)(H2,13,14,15,19). The van der Waals surface area contributed by atoms with Crippen molar-refractivity contribution in [3.8, 4) is 0 Å². The van der Waals surface area contributed by atoms with Crippen LogP contribution >= 0.6 is 12.2 Å². The van der Waals surface area contributed by atoms with E-state index in [0.29, 0.717) is 0 Å². The number of nitrogens with zero attached hydrogens (tertiary/aromatic N) is 1. The van der Waals surface area contributed by atoms with Gasteiger partial charge in [0.1, 0.15) is 17.2 Å². The first-order valence-electron chi connectivity index (χ1n) is 5.33. The molecule has 0 radical (unpaired) electrons. The van der Waals surface area contributed by atoms with Crippen LogP contribution in [0.4, 0.5) is 10.2 Å². The molecule has 19 heavy (non-hydrogen) atoms. The van der Waals surface area contributed by atoms with Crippen LogP contribution in [-0.2, 0) is 4.79 Å². The molecule has 0 fully saturated rings. The molecule has 0 aliphatic carbocycles. The van der Waals surface area contributed by atoms with E-state index in [2.05, 4.69) is 15.8 Å². The lowest BCUT2D eigenvalue weighted by Crippen LogP contribution is -2.40. The molecule has 6 nitrogen and oxygen atoms in total. The average Bonchev–Trinajstić information content (AvgIpc) is 2.73. The molecule has 1 aromatic carbocycles. The van der Waals surface area contributed by atoms with Crippen LogP contribution in [0, 0.1) is 5.82 Å². The number of rotatable bonds is 3. The van der Waals surface area contributed by atoms with Gasteiger partial charge in [0.2, 0.25) is 0 Å². The van der Waals surface area contributed by atoms with E-state index in [9.17, 15) is 9.18 Å². The molecule has 3 N–H and O–H groups in total. The molecule has 1 aromatic heterocycles. The Hall–Kier alpha value is -2.22. The Bertz CT molecular complexity index is 643. The molecule has 1 atom stereocenters. The molecule has 1 unspecified atom stereocenters. The third-order valence-corrected chi connectivity index (χ3v) is 2.62. The maximum atomic E-state index is 13.6. The predicted octanol–water partition coefficient (Wildman–Crippen LogP) is 1.73. The maximum Gasteiger partial charge on any atom is 0.325 e. The Morgan fingerprint density at radius 2 is 2.32 bits per heavy atom. The van der Waals surface area contributed by atoms with Crippen LogP contribution in [0.25, 0.3) is 11.0 Å². The summed E-state index contributed by atoms with van der Waals surface area (Å²) in [6, 6.07) is 3.45. The first-order chi connectivity index (χ1) is 8.99. The number of hydrogen-bond donors (Lipinski definition) is 3. The zero-order valence-corrected chi connectivity index (χ0v) is 10.6. The minimum absolute atomic E-state index is 0.0216. The normalized spacial score (nSPS) is 12.1. The summed E-state index contributed by atoms with van der Waals surface area (Å²) in [4.78, 5) is 10.7. The number of carbonyl (C=O) groups is 1. The van der Waals surface area contributed by atoms with E-state index in [-0.39, 0.29) is 21.9 Å². The second kappa shape index (κ2) is 5.19. The first-order valence-corrected chi connectivity index (χ1v) is 5.74. The number of nitrogens with one attached hydrogen (secondary N) is 2. The Kier molecular flexibility index (Phi) is 3.61. The fourth-order valence-electron chi connectivity index (χ4n) is 1.44. The van der Waals surface area contributed by atoms with Crippen LogP contribution in [0.15, 0.2) is 22.7 Å². The molecule has 2 rings (SSSR count). The van der Waals surface area contributed by atoms with Crippen LogP contribution in [0.3, 0.4) is 0 Å². The average molecular weight is 283 g/mol. The monoisotopic (exact) mass is 283 g/mol. The van der Waals surface area contributed by atoms with Gasteiger partial charge in [0.15, 0.2) is 16.5 Å². The van der Waals surface area contributed by atoms with Crippen molar-refractivity contribution in [3.05, 3.63) is 24.0 Å². The molecule has 0 saturated heterocycles. The number of benzene rings is 1. The highest BCUT2D eigenvalue weighted by Crippen LogP contribution is 2.25. The van der Waals surface area contributed by atoms with Crippen LogP contribution in [0.1, 0.15) is 6.92 Å². The summed E-state index contributed by atoms with van der Waals surface area (Å²) < 4.78 is 18.6. The Morgan fingerprint density at radius 1 is 1.58 bits per heavy atom. The van der Waals surface area contributed by atoms with Crippen LogP contribution in [0.5, 0.6) is 0 Å². The number of thiocarbonyl (C=S) groups is 1. The van der Waals surface area contributed by atoms with Crippen molar-refractivity contribution in [2.75, 3.05) is 5.32 Å². The van der Waals surface area contributed by atoms with Gasteiger partial charge in [-0.05, 0) is 31.3 Å². The number of carboxylic acids is 1. The van der Waals surface area contributed by atoms with Gasteiger partial charge in [-0.15, -0.1) is 0 Å². The number of carboxylic acid groups (broad SMARTS) is 1. The van der Waals surface area contributed by atoms with Gasteiger partial charge in [0, 0.05) is 0 Å². The van der Waals surface area contributed by atoms with E-state index in [1.165, 1.54) is 19.1 Å². The maximum absolute atomic E-state index is 13.6. The van der Waals surface area contributed by atoms with Crippen molar-refractivity contribution in [1.29, 1.82) is 0 Å². The lowest BCUT2D eigenvalue weighted by molar-refractivity contribution is -0.138. The molecule has 0 bridgehead atoms. The third-order valence-electron chi connectivity index (χ3n) is 2.40. The van der Waals surface area contributed by atoms with Crippen molar-refractivity contribution in [2.24, 2.45) is 0 Å². The van der Waals surface area contributed by atoms with Gasteiger partial charge in [-0.2, -0.15) is 0 Å². The van der Waals surface area contributed by atoms with Crippen molar-refractivity contribution in [1.82, 2.24) is 10.5 Å². The second-order valence-corrected chi connectivity index (χ2v) is 4.21. The number of halogens is 1. The van der Waals surface area contributed by atoms with Crippen molar-refractivity contribution >= 4 is 40.1 Å². The summed E-state index contributed by atoms with van der Waals surface area (Å²) in [5.41, 5.74) is 0.275. The zero-order chi connectivity index (χ0) is 14.0. The quantitative estimate of drug-likeness (QED) is 0.739. The number of anilines is 1. The van der Waals surface area contributed by atoms with Crippen molar-refractivity contribution in [3.63, 3.8) is 0 Å². The third kappa shape index (κ3) is 2.79. The van der Waals surface area contributed by atoms with Gasteiger partial charge in [0.25, 0.3) is 0 Å². The highest BCUT2D eigenvalue weighted by atomic mass is 32.1. The van der Waals surface area contributed by atoms with E-state index in [1.54, 1.807) is 6.07 Å². The first kappa shape index (κ1) is 13.2. The minimum Gasteiger partial charge on any atom is -0.480 e. The molecule has 1 heterocycles. The smallest absolute Gasteiger partial charge is 0.325 e. The van der Waals surface area contributed by atoms with E-state index in [1.807, 2.05) is 0 Å². The molecule has 100 valence electrons. The topological polar surface area (TPSA) is 87.4 Å². The Balaban J connectivity index is 2.18. The van der Waals surface area contributed by atoms with Gasteiger partial charge < -0.3 is 20.3 Å². The predicted molar refractivity (Wildman–Crippen MR) is 70.4 cm³/mol. The van der Waals surface area contributed by atoms with E-state index in [4.69, 9.17) is 21.8 Å². The van der Waals surface area contributed by atoms with Crippen molar-refractivity contribution < 1.29 is 18.8 Å². The molecular weight excluding hydrogens is 273 g/mol. The van der Waals surface area contributed by atoms with Gasteiger partial charge in [-0.3, -0.25) is 4.79 Å². The van der Waals surface area contributed by atoms with Gasteiger partial charge in [-0.25, -0.2) is 4.39 Å². The largest absolute Gasteiger partial charge is 0.480 e. The summed E-state index contributed by atoms with van der Waals surface area (Å²) >= 11 is 4.91. The summed E-state index contributed by atoms with van der Waals surface area (Å²) in [5.74, 6) is -1.46. The summed E-state index contributed by atoms with van der Waals surface area (Å²) in [7, 11) is 0. The fraction of sp³-hybridized carbons (Fsp3) is 0.182. The van der Waals surface area contributed by atoms with Crippen molar-refractivity contribution in [2.45, 2.75) is 13.0 Å². The molecule has 0 amide bonds. The van der Waals surface area contributed by atoms with Gasteiger partial charge in [-0.1, -0.05) is 11.2 Å². The number of fused-ring (bicyclic) bond motifs is 1. The Morgan fingerprint density at radius 3 is 3.00 bits per heavy atom. The minimum atomic E-state index is -1.06. The lowest BCUT2D eigenvalue weighted by Gasteiger charge is -2.11. The summed E-state index contributed by atoms with van der Waals surface area (Å²) in [6.07, 6.45) is 0. The zero-order valence-electron chi connectivity index (χ0n) is 9.81.